The molecule has 0 aliphatic heterocycles. The van der Waals surface area contributed by atoms with Crippen molar-refractivity contribution in [1.29, 1.82) is 0 Å². The molecule has 0 amide bonds. The average molecular weight is 295 g/mol. The second-order valence-electron chi connectivity index (χ2n) is 2.46. The molecular weight excluding hydrogens is 286 g/mol. The Labute approximate surface area is 90.3 Å². The lowest BCUT2D eigenvalue weighted by molar-refractivity contribution is 0.101. The van der Waals surface area contributed by atoms with Gasteiger partial charge in [-0.2, -0.15) is 0 Å². The van der Waals surface area contributed by atoms with Gasteiger partial charge in [0.05, 0.1) is 0 Å². The molecule has 0 unspecified atom stereocenters. The molecule has 0 heterocycles. The lowest BCUT2D eigenvalue weighted by atomic mass is 10.1. The summed E-state index contributed by atoms with van der Waals surface area (Å²) in [6, 6.07) is 5.70. The van der Waals surface area contributed by atoms with Gasteiger partial charge in [-0.15, -0.1) is 11.6 Å². The molecule has 0 radical (unpaired) electrons. The van der Waals surface area contributed by atoms with E-state index in [1.54, 1.807) is 6.92 Å². The van der Waals surface area contributed by atoms with Gasteiger partial charge in [-0.25, -0.2) is 0 Å². The zero-order valence-corrected chi connectivity index (χ0v) is 9.52. The van der Waals surface area contributed by atoms with Gasteiger partial charge in [0.2, 0.25) is 0 Å². The van der Waals surface area contributed by atoms with Gasteiger partial charge in [-0.3, -0.25) is 4.79 Å². The van der Waals surface area contributed by atoms with Crippen molar-refractivity contribution in [3.63, 3.8) is 0 Å². The Kier molecular flexibility index (Phi) is 3.53. The van der Waals surface area contributed by atoms with E-state index in [2.05, 4.69) is 22.6 Å². The highest BCUT2D eigenvalue weighted by Crippen LogP contribution is 2.19. The summed E-state index contributed by atoms with van der Waals surface area (Å²) >= 11 is 7.84. The number of benzene rings is 1. The van der Waals surface area contributed by atoms with E-state index in [1.807, 2.05) is 18.2 Å². The molecule has 0 aliphatic rings. The topological polar surface area (TPSA) is 17.1 Å². The Morgan fingerprint density at radius 1 is 1.58 bits per heavy atom. The fourth-order valence-corrected chi connectivity index (χ4v) is 2.23. The average Bonchev–Trinajstić information content (AvgIpc) is 2.03. The van der Waals surface area contributed by atoms with Crippen LogP contribution < -0.4 is 0 Å². The normalized spacial score (nSPS) is 9.92. The quantitative estimate of drug-likeness (QED) is 0.465. The summed E-state index contributed by atoms with van der Waals surface area (Å²) in [5.41, 5.74) is 1.67. The fraction of sp³-hybridized carbons (Fsp3) is 0.222. The second kappa shape index (κ2) is 4.23. The number of rotatable bonds is 2. The summed E-state index contributed by atoms with van der Waals surface area (Å²) in [5.74, 6) is 0.474. The van der Waals surface area contributed by atoms with Crippen molar-refractivity contribution in [3.05, 3.63) is 32.9 Å². The number of alkyl halides is 1. The molecule has 0 saturated carbocycles. The number of hydrogen-bond donors (Lipinski definition) is 0. The maximum Gasteiger partial charge on any atom is 0.161 e. The number of halogens is 2. The number of Topliss-reactive ketones (excluding diaryl/α,β-unsaturated/α-hetero) is 1. The summed E-state index contributed by atoms with van der Waals surface area (Å²) < 4.78 is 0.971. The molecule has 1 aromatic carbocycles. The van der Waals surface area contributed by atoms with Crippen molar-refractivity contribution < 1.29 is 4.79 Å². The molecule has 64 valence electrons. The van der Waals surface area contributed by atoms with Gasteiger partial charge in [0, 0.05) is 15.0 Å². The van der Waals surface area contributed by atoms with Crippen LogP contribution in [0.15, 0.2) is 18.2 Å². The molecule has 0 atom stereocenters. The van der Waals surface area contributed by atoms with E-state index in [1.165, 1.54) is 0 Å². The van der Waals surface area contributed by atoms with Crippen molar-refractivity contribution in [2.75, 3.05) is 0 Å². The molecule has 0 saturated heterocycles. The maximum absolute atomic E-state index is 11.2. The first-order valence-electron chi connectivity index (χ1n) is 3.51. The molecular formula is C9H8ClIO. The van der Waals surface area contributed by atoms with Crippen LogP contribution in [0.25, 0.3) is 0 Å². The van der Waals surface area contributed by atoms with Gasteiger partial charge >= 0.3 is 0 Å². The molecule has 1 aromatic rings. The van der Waals surface area contributed by atoms with Crippen molar-refractivity contribution in [3.8, 4) is 0 Å². The van der Waals surface area contributed by atoms with E-state index in [0.29, 0.717) is 5.88 Å². The minimum atomic E-state index is 0.0793. The van der Waals surface area contributed by atoms with Crippen molar-refractivity contribution in [1.82, 2.24) is 0 Å². The summed E-state index contributed by atoms with van der Waals surface area (Å²) in [6.07, 6.45) is 0. The zero-order chi connectivity index (χ0) is 9.14. The first kappa shape index (κ1) is 9.99. The predicted octanol–water partition coefficient (Wildman–Crippen LogP) is 3.23. The minimum absolute atomic E-state index is 0.0793. The molecule has 0 aromatic heterocycles. The van der Waals surface area contributed by atoms with Crippen LogP contribution in [0.4, 0.5) is 0 Å². The number of carbonyl (C=O) groups is 1. The standard InChI is InChI=1S/C9H8ClIO/c1-6(12)9-7(5-10)3-2-4-8(9)11/h2-4H,5H2,1H3. The lowest BCUT2D eigenvalue weighted by Gasteiger charge is -2.04. The summed E-state index contributed by atoms with van der Waals surface area (Å²) in [4.78, 5) is 11.2. The van der Waals surface area contributed by atoms with Gasteiger partial charge in [0.1, 0.15) is 0 Å². The molecule has 0 spiro atoms. The zero-order valence-electron chi connectivity index (χ0n) is 6.60. The SMILES string of the molecule is CC(=O)c1c(I)cccc1CCl. The van der Waals surface area contributed by atoms with Crippen molar-refractivity contribution in [2.24, 2.45) is 0 Å². The molecule has 3 heteroatoms. The van der Waals surface area contributed by atoms with Crippen LogP contribution >= 0.6 is 34.2 Å². The highest BCUT2D eigenvalue weighted by atomic mass is 127. The predicted molar refractivity (Wildman–Crippen MR) is 58.7 cm³/mol. The summed E-state index contributed by atoms with van der Waals surface area (Å²) in [7, 11) is 0. The number of hydrogen-bond acceptors (Lipinski definition) is 1. The lowest BCUT2D eigenvalue weighted by Crippen LogP contribution is -2.00. The molecule has 0 bridgehead atoms. The Morgan fingerprint density at radius 3 is 2.67 bits per heavy atom. The monoisotopic (exact) mass is 294 g/mol. The molecule has 1 rings (SSSR count). The van der Waals surface area contributed by atoms with Crippen molar-refractivity contribution in [2.45, 2.75) is 12.8 Å². The van der Waals surface area contributed by atoms with E-state index in [-0.39, 0.29) is 5.78 Å². The maximum atomic E-state index is 11.2. The van der Waals surface area contributed by atoms with E-state index >= 15 is 0 Å². The Balaban J connectivity index is 3.29. The van der Waals surface area contributed by atoms with Gasteiger partial charge in [0.15, 0.2) is 5.78 Å². The van der Waals surface area contributed by atoms with Crippen LogP contribution in [0.2, 0.25) is 0 Å². The highest BCUT2D eigenvalue weighted by molar-refractivity contribution is 14.1. The van der Waals surface area contributed by atoms with Crippen LogP contribution in [-0.2, 0) is 5.88 Å². The van der Waals surface area contributed by atoms with E-state index < -0.39 is 0 Å². The van der Waals surface area contributed by atoms with Gasteiger partial charge in [-0.05, 0) is 41.1 Å². The third-order valence-electron chi connectivity index (χ3n) is 1.60. The largest absolute Gasteiger partial charge is 0.294 e. The summed E-state index contributed by atoms with van der Waals surface area (Å²) in [6.45, 7) is 1.56. The first-order valence-corrected chi connectivity index (χ1v) is 5.12. The van der Waals surface area contributed by atoms with Crippen LogP contribution in [0.5, 0.6) is 0 Å². The Morgan fingerprint density at radius 2 is 2.25 bits per heavy atom. The van der Waals surface area contributed by atoms with Crippen LogP contribution in [-0.4, -0.2) is 5.78 Å². The second-order valence-corrected chi connectivity index (χ2v) is 3.89. The fourth-order valence-electron chi connectivity index (χ4n) is 1.07. The van der Waals surface area contributed by atoms with Gasteiger partial charge in [-0.1, -0.05) is 12.1 Å². The van der Waals surface area contributed by atoms with Crippen LogP contribution in [0, 0.1) is 3.57 Å². The van der Waals surface area contributed by atoms with Gasteiger partial charge < -0.3 is 0 Å². The third kappa shape index (κ3) is 1.98. The van der Waals surface area contributed by atoms with E-state index in [0.717, 1.165) is 14.7 Å². The van der Waals surface area contributed by atoms with Crippen molar-refractivity contribution >= 4 is 40.0 Å². The minimum Gasteiger partial charge on any atom is -0.294 e. The Hall–Kier alpha value is -0.0900. The molecule has 1 nitrogen and oxygen atoms in total. The highest BCUT2D eigenvalue weighted by Gasteiger charge is 2.09. The molecule has 12 heavy (non-hydrogen) atoms. The molecule has 0 aliphatic carbocycles. The molecule has 0 N–H and O–H groups in total. The van der Waals surface area contributed by atoms with E-state index in [4.69, 9.17) is 11.6 Å². The molecule has 0 fully saturated rings. The van der Waals surface area contributed by atoms with E-state index in [9.17, 15) is 4.79 Å². The smallest absolute Gasteiger partial charge is 0.161 e. The summed E-state index contributed by atoms with van der Waals surface area (Å²) in [5, 5.41) is 0. The van der Waals surface area contributed by atoms with Crippen LogP contribution in [0.1, 0.15) is 22.8 Å². The number of carbonyl (C=O) groups excluding carboxylic acids is 1. The number of ketones is 1. The van der Waals surface area contributed by atoms with Gasteiger partial charge in [0.25, 0.3) is 0 Å². The van der Waals surface area contributed by atoms with Crippen LogP contribution in [0.3, 0.4) is 0 Å². The Bertz CT molecular complexity index is 309. The first-order chi connectivity index (χ1) is 5.66. The third-order valence-corrected chi connectivity index (χ3v) is 2.78.